The molecule has 0 bridgehead atoms. The van der Waals surface area contributed by atoms with Crippen molar-refractivity contribution in [1.29, 1.82) is 0 Å². The zero-order valence-electron chi connectivity index (χ0n) is 6.29. The van der Waals surface area contributed by atoms with Crippen molar-refractivity contribution in [3.8, 4) is 0 Å². The van der Waals surface area contributed by atoms with Crippen molar-refractivity contribution in [3.05, 3.63) is 0 Å². The van der Waals surface area contributed by atoms with Gasteiger partial charge in [-0.3, -0.25) is 0 Å². The molecule has 1 rings (SSSR count). The molecule has 1 fully saturated rings. The van der Waals surface area contributed by atoms with Crippen molar-refractivity contribution in [2.24, 2.45) is 0 Å². The predicted molar refractivity (Wildman–Crippen MR) is 39.4 cm³/mol. The van der Waals surface area contributed by atoms with Crippen LogP contribution in [0.4, 0.5) is 4.39 Å². The maximum atomic E-state index is 13.2. The van der Waals surface area contributed by atoms with Crippen LogP contribution in [-0.4, -0.2) is 36.7 Å². The van der Waals surface area contributed by atoms with Crippen molar-refractivity contribution in [2.45, 2.75) is 18.5 Å². The van der Waals surface area contributed by atoms with Crippen LogP contribution in [0.5, 0.6) is 0 Å². The molecule has 0 spiro atoms. The third kappa shape index (κ3) is 1.74. The average molecular weight is 196 g/mol. The molecular weight excluding hydrogens is 187 g/mol. The van der Waals surface area contributed by atoms with E-state index in [4.69, 9.17) is 5.11 Å². The zero-order chi connectivity index (χ0) is 9.41. The molecule has 0 aromatic rings. The molecule has 4 nitrogen and oxygen atoms in total. The van der Waals surface area contributed by atoms with Gasteiger partial charge in [-0.25, -0.2) is 17.6 Å². The first kappa shape index (κ1) is 9.44. The van der Waals surface area contributed by atoms with Gasteiger partial charge in [-0.15, -0.1) is 0 Å². The highest BCUT2D eigenvalue weighted by molar-refractivity contribution is 7.91. The summed E-state index contributed by atoms with van der Waals surface area (Å²) >= 11 is 0. The summed E-state index contributed by atoms with van der Waals surface area (Å²) in [5, 5.41) is 8.40. The van der Waals surface area contributed by atoms with Gasteiger partial charge in [-0.1, -0.05) is 0 Å². The second kappa shape index (κ2) is 2.69. The number of rotatable bonds is 1. The molecule has 12 heavy (non-hydrogen) atoms. The summed E-state index contributed by atoms with van der Waals surface area (Å²) in [6.07, 6.45) is -0.852. The Morgan fingerprint density at radius 3 is 2.08 bits per heavy atom. The Kier molecular flexibility index (Phi) is 2.11. The van der Waals surface area contributed by atoms with Gasteiger partial charge in [0.1, 0.15) is 0 Å². The molecule has 1 N–H and O–H groups in total. The predicted octanol–water partition coefficient (Wildman–Crippen LogP) is -0.0121. The summed E-state index contributed by atoms with van der Waals surface area (Å²) in [5.41, 5.74) is -2.33. The van der Waals surface area contributed by atoms with Crippen LogP contribution in [0, 0.1) is 0 Å². The highest BCUT2D eigenvalue weighted by atomic mass is 32.2. The number of alkyl halides is 1. The zero-order valence-corrected chi connectivity index (χ0v) is 7.10. The number of carbonyl (C=O) groups is 1. The minimum atomic E-state index is -3.19. The number of sulfone groups is 1. The summed E-state index contributed by atoms with van der Waals surface area (Å²) in [5.74, 6) is -2.29. The molecule has 0 saturated carbocycles. The largest absolute Gasteiger partial charge is 0.479 e. The number of hydrogen-bond acceptors (Lipinski definition) is 3. The van der Waals surface area contributed by atoms with Crippen LogP contribution < -0.4 is 0 Å². The Balaban J connectivity index is 2.74. The number of carboxylic acids is 1. The standard InChI is InChI=1S/C6H9FO4S/c7-6(5(8)9)1-3-12(10,11)4-2-6/h1-4H2,(H,8,9). The van der Waals surface area contributed by atoms with Crippen LogP contribution in [0.15, 0.2) is 0 Å². The molecule has 0 amide bonds. The van der Waals surface area contributed by atoms with Gasteiger partial charge >= 0.3 is 5.97 Å². The van der Waals surface area contributed by atoms with Crippen LogP contribution >= 0.6 is 0 Å². The lowest BCUT2D eigenvalue weighted by Crippen LogP contribution is -2.42. The fourth-order valence-corrected chi connectivity index (χ4v) is 2.55. The number of aliphatic carboxylic acids is 1. The summed E-state index contributed by atoms with van der Waals surface area (Å²) in [6, 6.07) is 0. The van der Waals surface area contributed by atoms with Crippen LogP contribution in [0.2, 0.25) is 0 Å². The molecule has 0 aromatic heterocycles. The molecule has 0 unspecified atom stereocenters. The maximum absolute atomic E-state index is 13.2. The van der Waals surface area contributed by atoms with Crippen molar-refractivity contribution in [2.75, 3.05) is 11.5 Å². The van der Waals surface area contributed by atoms with Crippen molar-refractivity contribution in [3.63, 3.8) is 0 Å². The molecule has 1 aliphatic heterocycles. The van der Waals surface area contributed by atoms with Gasteiger partial charge < -0.3 is 5.11 Å². The van der Waals surface area contributed by atoms with Gasteiger partial charge in [-0.05, 0) is 0 Å². The molecule has 0 aromatic carbocycles. The van der Waals surface area contributed by atoms with E-state index in [9.17, 15) is 17.6 Å². The lowest BCUT2D eigenvalue weighted by Gasteiger charge is -2.24. The Morgan fingerprint density at radius 1 is 1.33 bits per heavy atom. The topological polar surface area (TPSA) is 71.4 Å². The van der Waals surface area contributed by atoms with Gasteiger partial charge in [0.05, 0.1) is 11.5 Å². The highest BCUT2D eigenvalue weighted by Crippen LogP contribution is 2.27. The van der Waals surface area contributed by atoms with E-state index in [2.05, 4.69) is 0 Å². The summed E-state index contributed by atoms with van der Waals surface area (Å²) in [6.45, 7) is 0. The van der Waals surface area contributed by atoms with Crippen molar-refractivity contribution < 1.29 is 22.7 Å². The van der Waals surface area contributed by atoms with Gasteiger partial charge in [0, 0.05) is 12.8 Å². The third-order valence-electron chi connectivity index (χ3n) is 2.00. The third-order valence-corrected chi connectivity index (χ3v) is 3.65. The summed E-state index contributed by atoms with van der Waals surface area (Å²) in [7, 11) is -3.19. The molecular formula is C6H9FO4S. The highest BCUT2D eigenvalue weighted by Gasteiger charge is 2.43. The quantitative estimate of drug-likeness (QED) is 0.640. The Bertz CT molecular complexity index is 281. The SMILES string of the molecule is O=C(O)C1(F)CCS(=O)(=O)CC1. The molecule has 0 radical (unpaired) electrons. The lowest BCUT2D eigenvalue weighted by atomic mass is 10.00. The van der Waals surface area contributed by atoms with Crippen molar-refractivity contribution in [1.82, 2.24) is 0 Å². The number of carboxylic acid groups (broad SMARTS) is 1. The molecule has 0 atom stereocenters. The van der Waals surface area contributed by atoms with E-state index in [1.807, 2.05) is 0 Å². The van der Waals surface area contributed by atoms with Crippen LogP contribution in [0.25, 0.3) is 0 Å². The lowest BCUT2D eigenvalue weighted by molar-refractivity contribution is -0.151. The van der Waals surface area contributed by atoms with E-state index in [-0.39, 0.29) is 11.5 Å². The molecule has 1 heterocycles. The van der Waals surface area contributed by atoms with Crippen LogP contribution in [0.1, 0.15) is 12.8 Å². The average Bonchev–Trinajstić information content (AvgIpc) is 1.96. The fraction of sp³-hybridized carbons (Fsp3) is 0.833. The first-order valence-corrected chi connectivity index (χ1v) is 5.31. The van der Waals surface area contributed by atoms with Crippen LogP contribution in [0.3, 0.4) is 0 Å². The van der Waals surface area contributed by atoms with Crippen LogP contribution in [-0.2, 0) is 14.6 Å². The second-order valence-corrected chi connectivity index (χ2v) is 5.23. The Labute approximate surface area is 69.3 Å². The number of halogens is 1. The summed E-state index contributed by atoms with van der Waals surface area (Å²) in [4.78, 5) is 10.3. The number of hydrogen-bond donors (Lipinski definition) is 1. The smallest absolute Gasteiger partial charge is 0.341 e. The van der Waals surface area contributed by atoms with Crippen molar-refractivity contribution >= 4 is 15.8 Å². The van der Waals surface area contributed by atoms with Gasteiger partial charge in [-0.2, -0.15) is 0 Å². The van der Waals surface area contributed by atoms with E-state index in [1.54, 1.807) is 0 Å². The van der Waals surface area contributed by atoms with Gasteiger partial charge in [0.2, 0.25) is 5.67 Å². The fourth-order valence-electron chi connectivity index (χ4n) is 1.08. The first-order valence-electron chi connectivity index (χ1n) is 3.48. The Morgan fingerprint density at radius 2 is 1.75 bits per heavy atom. The molecule has 6 heteroatoms. The van der Waals surface area contributed by atoms with E-state index >= 15 is 0 Å². The molecule has 0 aliphatic carbocycles. The first-order chi connectivity index (χ1) is 5.36. The minimum Gasteiger partial charge on any atom is -0.479 e. The Hall–Kier alpha value is -0.650. The van der Waals surface area contributed by atoms with E-state index in [0.717, 1.165) is 0 Å². The van der Waals surface area contributed by atoms with E-state index in [0.29, 0.717) is 0 Å². The molecule has 70 valence electrons. The molecule has 1 saturated heterocycles. The normalized spacial score (nSPS) is 26.4. The summed E-state index contributed by atoms with van der Waals surface area (Å²) < 4.78 is 34.8. The van der Waals surface area contributed by atoms with Gasteiger partial charge in [0.25, 0.3) is 0 Å². The van der Waals surface area contributed by atoms with Gasteiger partial charge in [0.15, 0.2) is 9.84 Å². The van der Waals surface area contributed by atoms with E-state index < -0.39 is 34.3 Å². The monoisotopic (exact) mass is 196 g/mol. The van der Waals surface area contributed by atoms with E-state index in [1.165, 1.54) is 0 Å². The maximum Gasteiger partial charge on any atom is 0.341 e. The molecule has 1 aliphatic rings. The minimum absolute atomic E-state index is 0.365. The second-order valence-electron chi connectivity index (χ2n) is 2.92.